The Bertz CT molecular complexity index is 1440. The summed E-state index contributed by atoms with van der Waals surface area (Å²) in [6.07, 6.45) is 7.66. The van der Waals surface area contributed by atoms with Crippen molar-refractivity contribution in [1.82, 2.24) is 0 Å². The number of hydrogen-bond donors (Lipinski definition) is 1. The quantitative estimate of drug-likeness (QED) is 0.150. The van der Waals surface area contributed by atoms with Gasteiger partial charge in [-0.3, -0.25) is 24.0 Å². The van der Waals surface area contributed by atoms with Crippen molar-refractivity contribution in [2.24, 2.45) is 57.2 Å². The van der Waals surface area contributed by atoms with Crippen LogP contribution in [0.15, 0.2) is 24.3 Å². The van der Waals surface area contributed by atoms with Crippen LogP contribution in [0.1, 0.15) is 114 Å². The van der Waals surface area contributed by atoms with E-state index >= 15 is 0 Å². The molecule has 0 aromatic heterocycles. The van der Waals surface area contributed by atoms with Gasteiger partial charge in [0.1, 0.15) is 17.8 Å². The number of fused-ring (bicyclic) bond motifs is 2. The predicted molar refractivity (Wildman–Crippen MR) is 183 cm³/mol. The molecule has 4 saturated carbocycles. The first-order chi connectivity index (χ1) is 22.6. The van der Waals surface area contributed by atoms with Crippen LogP contribution in [0.5, 0.6) is 0 Å². The smallest absolute Gasteiger partial charge is 0.306 e. The number of ketones is 2. The Morgan fingerprint density at radius 1 is 1.04 bits per heavy atom. The van der Waals surface area contributed by atoms with E-state index in [-0.39, 0.29) is 70.3 Å². The summed E-state index contributed by atoms with van der Waals surface area (Å²) in [5.74, 6) is -2.29. The van der Waals surface area contributed by atoms with Crippen molar-refractivity contribution in [3.8, 4) is 0 Å². The Morgan fingerprint density at radius 2 is 1.69 bits per heavy atom. The number of aliphatic hydroxyl groups is 1. The van der Waals surface area contributed by atoms with Gasteiger partial charge in [0.05, 0.1) is 19.4 Å². The fourth-order valence-corrected chi connectivity index (χ4v) is 11.5. The minimum atomic E-state index is -1.38. The van der Waals surface area contributed by atoms with Gasteiger partial charge in [-0.15, -0.1) is 0 Å². The van der Waals surface area contributed by atoms with Crippen molar-refractivity contribution in [2.75, 3.05) is 6.61 Å². The zero-order chi connectivity index (χ0) is 36.5. The van der Waals surface area contributed by atoms with Gasteiger partial charge in [0.25, 0.3) is 0 Å². The molecule has 0 aromatic rings. The molecule has 12 atom stereocenters. The molecule has 0 aromatic carbocycles. The maximum Gasteiger partial charge on any atom is 0.306 e. The first kappa shape index (κ1) is 37.4. The van der Waals surface area contributed by atoms with Crippen molar-refractivity contribution < 1.29 is 43.3 Å². The maximum atomic E-state index is 13.8. The largest absolute Gasteiger partial charge is 0.465 e. The van der Waals surface area contributed by atoms with Crippen LogP contribution in [0.2, 0.25) is 0 Å². The lowest BCUT2D eigenvalue weighted by molar-refractivity contribution is -0.158. The Labute approximate surface area is 292 Å². The third-order valence-corrected chi connectivity index (χ3v) is 14.0. The topological polar surface area (TPSA) is 133 Å². The summed E-state index contributed by atoms with van der Waals surface area (Å²) in [4.78, 5) is 63.2. The zero-order valence-electron chi connectivity index (χ0n) is 31.1. The summed E-state index contributed by atoms with van der Waals surface area (Å²) in [6.45, 7) is 20.9. The molecule has 0 amide bonds. The lowest BCUT2D eigenvalue weighted by atomic mass is 9.43. The van der Waals surface area contributed by atoms with Gasteiger partial charge < -0.3 is 19.3 Å². The molecule has 272 valence electrons. The lowest BCUT2D eigenvalue weighted by Gasteiger charge is -2.61. The minimum Gasteiger partial charge on any atom is -0.465 e. The Kier molecular flexibility index (Phi) is 9.74. The fraction of sp³-hybridized carbons (Fsp3) is 0.775. The van der Waals surface area contributed by atoms with Crippen LogP contribution in [0, 0.1) is 57.2 Å². The normalized spacial score (nSPS) is 39.2. The van der Waals surface area contributed by atoms with Crippen molar-refractivity contribution in [3.63, 3.8) is 0 Å². The summed E-state index contributed by atoms with van der Waals surface area (Å²) in [5, 5.41) is 11.7. The molecule has 5 rings (SSSR count). The molecular formula is C40H58O9. The van der Waals surface area contributed by atoms with Crippen LogP contribution >= 0.6 is 0 Å². The number of allylic oxidation sites excluding steroid dienone is 2. The van der Waals surface area contributed by atoms with Gasteiger partial charge in [0, 0.05) is 24.7 Å². The highest BCUT2D eigenvalue weighted by Gasteiger charge is 2.81. The SMILES string of the molecule is C=C(C(=O)[C@H](O)[C@@H](C)[C@H]1[C@@H](OC(C)=O)C[C@@]2(C)C3CCC4[C@H](C)C(=O)C=C[C@@]45C[C@@]35CC[C@]12C)[C@@H](C)COC(=O)CCC(=O)OC(C)(C)C. The van der Waals surface area contributed by atoms with Gasteiger partial charge in [-0.2, -0.15) is 0 Å². The second-order valence-electron chi connectivity index (χ2n) is 17.7. The molecule has 9 nitrogen and oxygen atoms in total. The number of esters is 3. The number of ether oxygens (including phenoxy) is 3. The molecule has 2 spiro atoms. The Hall–Kier alpha value is -2.81. The molecule has 4 fully saturated rings. The van der Waals surface area contributed by atoms with Crippen LogP contribution < -0.4 is 0 Å². The molecule has 0 bridgehead atoms. The summed E-state index contributed by atoms with van der Waals surface area (Å²) >= 11 is 0. The van der Waals surface area contributed by atoms with Gasteiger partial charge in [0.2, 0.25) is 0 Å². The van der Waals surface area contributed by atoms with Crippen molar-refractivity contribution in [2.45, 2.75) is 131 Å². The molecule has 0 aliphatic heterocycles. The van der Waals surface area contributed by atoms with Gasteiger partial charge in [-0.25, -0.2) is 0 Å². The minimum absolute atomic E-state index is 0.0361. The van der Waals surface area contributed by atoms with Gasteiger partial charge in [0.15, 0.2) is 11.6 Å². The van der Waals surface area contributed by atoms with Gasteiger partial charge in [-0.1, -0.05) is 47.3 Å². The zero-order valence-corrected chi connectivity index (χ0v) is 31.1. The number of carbonyl (C=O) groups excluding carboxylic acids is 5. The van der Waals surface area contributed by atoms with Crippen LogP contribution in [-0.4, -0.2) is 59.0 Å². The van der Waals surface area contributed by atoms with Crippen LogP contribution in [-0.2, 0) is 38.2 Å². The summed E-state index contributed by atoms with van der Waals surface area (Å²) < 4.78 is 16.6. The number of aliphatic hydroxyl groups excluding tert-OH is 1. The molecule has 1 N–H and O–H groups in total. The van der Waals surface area contributed by atoms with Crippen molar-refractivity contribution in [3.05, 3.63) is 24.3 Å². The monoisotopic (exact) mass is 682 g/mol. The molecule has 0 heterocycles. The highest BCUT2D eigenvalue weighted by atomic mass is 16.6. The van der Waals surface area contributed by atoms with E-state index in [4.69, 9.17) is 14.2 Å². The van der Waals surface area contributed by atoms with E-state index in [1.54, 1.807) is 27.7 Å². The molecule has 5 aliphatic carbocycles. The van der Waals surface area contributed by atoms with E-state index < -0.39 is 47.4 Å². The highest BCUT2D eigenvalue weighted by Crippen LogP contribution is 2.87. The average Bonchev–Trinajstić information content (AvgIpc) is 3.62. The molecule has 2 unspecified atom stereocenters. The standard InChI is InChI=1S/C40H58O9/c1-22(20-47-31(43)13-14-32(44)49-36(6,7)8)23(2)34(45)35(46)25(4)33-29(48-26(5)41)19-38(10)30-12-11-27-24(3)28(42)15-16-39(27)21-40(30,39)18-17-37(33,38)9/h15-16,22,24-25,27,29-30,33,35,46H,2,11-14,17-21H2,1,3-10H3/t22-,24-,25-,27?,29-,30?,33-,35+,37+,38-,39+,40-/m0/s1. The lowest BCUT2D eigenvalue weighted by Crippen LogP contribution is -2.56. The summed E-state index contributed by atoms with van der Waals surface area (Å²) in [7, 11) is 0. The van der Waals surface area contributed by atoms with Crippen LogP contribution in [0.4, 0.5) is 0 Å². The van der Waals surface area contributed by atoms with E-state index in [2.05, 4.69) is 33.4 Å². The predicted octanol–water partition coefficient (Wildman–Crippen LogP) is 6.35. The summed E-state index contributed by atoms with van der Waals surface area (Å²) in [6, 6.07) is 0. The second kappa shape index (κ2) is 12.8. The molecule has 9 heteroatoms. The number of hydrogen-bond acceptors (Lipinski definition) is 9. The number of rotatable bonds is 11. The van der Waals surface area contributed by atoms with Gasteiger partial charge >= 0.3 is 17.9 Å². The van der Waals surface area contributed by atoms with E-state index in [1.807, 2.05) is 13.0 Å². The van der Waals surface area contributed by atoms with Crippen molar-refractivity contribution in [1.29, 1.82) is 0 Å². The van der Waals surface area contributed by atoms with E-state index in [0.717, 1.165) is 32.1 Å². The summed E-state index contributed by atoms with van der Waals surface area (Å²) in [5.41, 5.74) is -0.823. The second-order valence-corrected chi connectivity index (χ2v) is 17.7. The molecule has 49 heavy (non-hydrogen) atoms. The first-order valence-corrected chi connectivity index (χ1v) is 18.3. The van der Waals surface area contributed by atoms with Crippen LogP contribution in [0.3, 0.4) is 0 Å². The fourth-order valence-electron chi connectivity index (χ4n) is 11.5. The van der Waals surface area contributed by atoms with Crippen LogP contribution in [0.25, 0.3) is 0 Å². The first-order valence-electron chi connectivity index (χ1n) is 18.3. The highest BCUT2D eigenvalue weighted by molar-refractivity contribution is 5.98. The number of carbonyl (C=O) groups is 5. The van der Waals surface area contributed by atoms with E-state index in [1.165, 1.54) is 6.92 Å². The van der Waals surface area contributed by atoms with E-state index in [9.17, 15) is 29.1 Å². The average molecular weight is 683 g/mol. The molecule has 0 radical (unpaired) electrons. The molecule has 0 saturated heterocycles. The number of Topliss-reactive ketones (excluding diaryl/α,β-unsaturated/α-hetero) is 1. The Morgan fingerprint density at radius 3 is 2.33 bits per heavy atom. The third-order valence-electron chi connectivity index (χ3n) is 14.0. The third kappa shape index (κ3) is 6.14. The molecule has 5 aliphatic rings. The van der Waals surface area contributed by atoms with Crippen molar-refractivity contribution >= 4 is 29.5 Å². The maximum absolute atomic E-state index is 13.8. The molecular weight excluding hydrogens is 624 g/mol. The van der Waals surface area contributed by atoms with Gasteiger partial charge in [-0.05, 0) is 110 Å². The Balaban J connectivity index is 1.28. The van der Waals surface area contributed by atoms with E-state index in [0.29, 0.717) is 18.3 Å².